The zero-order valence-corrected chi connectivity index (χ0v) is 11.1. The van der Waals surface area contributed by atoms with Gasteiger partial charge in [-0.3, -0.25) is 4.68 Å². The lowest BCUT2D eigenvalue weighted by molar-refractivity contribution is 0.602. The third-order valence-electron chi connectivity index (χ3n) is 2.67. The molecule has 0 fully saturated rings. The van der Waals surface area contributed by atoms with Crippen LogP contribution in [0.25, 0.3) is 11.3 Å². The van der Waals surface area contributed by atoms with Gasteiger partial charge in [-0.15, -0.1) is 0 Å². The molecule has 0 aliphatic rings. The molecule has 0 saturated carbocycles. The maximum Gasteiger partial charge on any atom is 0.175 e. The fourth-order valence-electron chi connectivity index (χ4n) is 1.68. The minimum absolute atomic E-state index is 0.291. The van der Waals surface area contributed by atoms with Crippen molar-refractivity contribution in [3.63, 3.8) is 0 Å². The quantitative estimate of drug-likeness (QED) is 0.913. The monoisotopic (exact) mass is 265 g/mol. The van der Waals surface area contributed by atoms with E-state index in [1.807, 2.05) is 6.92 Å². The SMILES string of the molecule is CCn1cc(N)c(-c2ccc(S(C)(=O)=O)cc2)n1. The molecule has 0 aliphatic heterocycles. The second-order valence-electron chi connectivity index (χ2n) is 4.09. The van der Waals surface area contributed by atoms with Crippen molar-refractivity contribution in [2.45, 2.75) is 18.4 Å². The number of hydrogen-bond donors (Lipinski definition) is 1. The second-order valence-corrected chi connectivity index (χ2v) is 6.10. The Kier molecular flexibility index (Phi) is 3.13. The molecule has 2 aromatic rings. The first-order valence-corrected chi connectivity index (χ1v) is 7.44. The molecule has 2 N–H and O–H groups in total. The molecule has 0 atom stereocenters. The third kappa shape index (κ3) is 2.38. The van der Waals surface area contributed by atoms with Crippen molar-refractivity contribution in [1.82, 2.24) is 9.78 Å². The van der Waals surface area contributed by atoms with Crippen molar-refractivity contribution in [2.24, 2.45) is 0 Å². The van der Waals surface area contributed by atoms with Crippen LogP contribution in [0.5, 0.6) is 0 Å². The Morgan fingerprint density at radius 1 is 1.28 bits per heavy atom. The second kappa shape index (κ2) is 4.45. The van der Waals surface area contributed by atoms with Crippen molar-refractivity contribution < 1.29 is 8.42 Å². The Balaban J connectivity index is 2.43. The molecule has 6 heteroatoms. The van der Waals surface area contributed by atoms with Gasteiger partial charge >= 0.3 is 0 Å². The average molecular weight is 265 g/mol. The number of aromatic nitrogens is 2. The molecule has 1 aromatic carbocycles. The largest absolute Gasteiger partial charge is 0.396 e. The van der Waals surface area contributed by atoms with Crippen LogP contribution in [-0.4, -0.2) is 24.5 Å². The molecule has 0 unspecified atom stereocenters. The van der Waals surface area contributed by atoms with E-state index in [0.29, 0.717) is 16.3 Å². The first-order chi connectivity index (χ1) is 8.41. The first kappa shape index (κ1) is 12.6. The van der Waals surface area contributed by atoms with E-state index < -0.39 is 9.84 Å². The van der Waals surface area contributed by atoms with Gasteiger partial charge < -0.3 is 5.73 Å². The number of benzene rings is 1. The summed E-state index contributed by atoms with van der Waals surface area (Å²) in [5.74, 6) is 0. The number of nitrogens with two attached hydrogens (primary N) is 1. The maximum absolute atomic E-state index is 11.4. The summed E-state index contributed by atoms with van der Waals surface area (Å²) in [5, 5.41) is 4.33. The molecule has 0 aliphatic carbocycles. The summed E-state index contributed by atoms with van der Waals surface area (Å²) in [6.07, 6.45) is 2.95. The number of hydrogen-bond acceptors (Lipinski definition) is 4. The number of anilines is 1. The molecule has 0 bridgehead atoms. The summed E-state index contributed by atoms with van der Waals surface area (Å²) in [6, 6.07) is 6.56. The maximum atomic E-state index is 11.4. The van der Waals surface area contributed by atoms with Crippen LogP contribution in [0.1, 0.15) is 6.92 Å². The van der Waals surface area contributed by atoms with Crippen molar-refractivity contribution in [3.05, 3.63) is 30.5 Å². The zero-order chi connectivity index (χ0) is 13.3. The highest BCUT2D eigenvalue weighted by molar-refractivity contribution is 7.90. The molecule has 5 nitrogen and oxygen atoms in total. The van der Waals surface area contributed by atoms with Gasteiger partial charge in [0.05, 0.1) is 10.6 Å². The van der Waals surface area contributed by atoms with E-state index in [4.69, 9.17) is 5.73 Å². The molecule has 2 rings (SSSR count). The third-order valence-corrected chi connectivity index (χ3v) is 3.80. The minimum Gasteiger partial charge on any atom is -0.396 e. The van der Waals surface area contributed by atoms with Crippen LogP contribution in [0.15, 0.2) is 35.4 Å². The van der Waals surface area contributed by atoms with Crippen molar-refractivity contribution in [3.8, 4) is 11.3 Å². The number of aryl methyl sites for hydroxylation is 1. The Morgan fingerprint density at radius 3 is 2.33 bits per heavy atom. The normalized spacial score (nSPS) is 11.7. The van der Waals surface area contributed by atoms with E-state index in [0.717, 1.165) is 12.1 Å². The summed E-state index contributed by atoms with van der Waals surface area (Å²) in [4.78, 5) is 0.291. The lowest BCUT2D eigenvalue weighted by atomic mass is 10.1. The molecule has 0 amide bonds. The smallest absolute Gasteiger partial charge is 0.175 e. The Morgan fingerprint density at radius 2 is 1.89 bits per heavy atom. The van der Waals surface area contributed by atoms with Crippen molar-refractivity contribution >= 4 is 15.5 Å². The van der Waals surface area contributed by atoms with Crippen LogP contribution < -0.4 is 5.73 Å². The van der Waals surface area contributed by atoms with Crippen molar-refractivity contribution in [2.75, 3.05) is 12.0 Å². The summed E-state index contributed by atoms with van der Waals surface area (Å²) >= 11 is 0. The fraction of sp³-hybridized carbons (Fsp3) is 0.250. The molecular weight excluding hydrogens is 250 g/mol. The summed E-state index contributed by atoms with van der Waals surface area (Å²) in [6.45, 7) is 2.72. The van der Waals surface area contributed by atoms with Gasteiger partial charge in [-0.05, 0) is 19.1 Å². The Labute approximate surface area is 106 Å². The van der Waals surface area contributed by atoms with Gasteiger partial charge in [0.2, 0.25) is 0 Å². The topological polar surface area (TPSA) is 78.0 Å². The summed E-state index contributed by atoms with van der Waals surface area (Å²) in [7, 11) is -3.17. The lowest BCUT2D eigenvalue weighted by Crippen LogP contribution is -1.97. The highest BCUT2D eigenvalue weighted by Crippen LogP contribution is 2.25. The van der Waals surface area contributed by atoms with E-state index in [2.05, 4.69) is 5.10 Å². The Hall–Kier alpha value is -1.82. The molecule has 18 heavy (non-hydrogen) atoms. The van der Waals surface area contributed by atoms with Crippen LogP contribution in [0.4, 0.5) is 5.69 Å². The van der Waals surface area contributed by atoms with Crippen LogP contribution >= 0.6 is 0 Å². The number of rotatable bonds is 3. The molecule has 1 heterocycles. The average Bonchev–Trinajstić information content (AvgIpc) is 2.70. The Bertz CT molecular complexity index is 657. The zero-order valence-electron chi connectivity index (χ0n) is 10.3. The van der Waals surface area contributed by atoms with Gasteiger partial charge in [0.15, 0.2) is 9.84 Å². The minimum atomic E-state index is -3.17. The van der Waals surface area contributed by atoms with Crippen molar-refractivity contribution in [1.29, 1.82) is 0 Å². The summed E-state index contributed by atoms with van der Waals surface area (Å²) < 4.78 is 24.5. The van der Waals surface area contributed by atoms with Gasteiger partial charge in [0.25, 0.3) is 0 Å². The van der Waals surface area contributed by atoms with Crippen LogP contribution in [0.2, 0.25) is 0 Å². The highest BCUT2D eigenvalue weighted by atomic mass is 32.2. The molecular formula is C12H15N3O2S. The molecule has 0 saturated heterocycles. The van der Waals surface area contributed by atoms with Crippen LogP contribution in [0, 0.1) is 0 Å². The summed E-state index contributed by atoms with van der Waals surface area (Å²) in [5.41, 5.74) is 7.95. The first-order valence-electron chi connectivity index (χ1n) is 5.55. The predicted molar refractivity (Wildman–Crippen MR) is 70.9 cm³/mol. The van der Waals surface area contributed by atoms with Crippen LogP contribution in [0.3, 0.4) is 0 Å². The van der Waals surface area contributed by atoms with Gasteiger partial charge in [-0.25, -0.2) is 8.42 Å². The van der Waals surface area contributed by atoms with E-state index in [1.54, 1.807) is 35.1 Å². The van der Waals surface area contributed by atoms with E-state index >= 15 is 0 Å². The molecule has 96 valence electrons. The fourth-order valence-corrected chi connectivity index (χ4v) is 2.31. The predicted octanol–water partition coefficient (Wildman–Crippen LogP) is 1.56. The molecule has 1 aromatic heterocycles. The lowest BCUT2D eigenvalue weighted by Gasteiger charge is -2.01. The highest BCUT2D eigenvalue weighted by Gasteiger charge is 2.10. The molecule has 0 spiro atoms. The van der Waals surface area contributed by atoms with E-state index in [9.17, 15) is 8.42 Å². The number of nitrogens with zero attached hydrogens (tertiary/aromatic N) is 2. The van der Waals surface area contributed by atoms with Gasteiger partial charge in [0, 0.05) is 24.6 Å². The number of nitrogen functional groups attached to an aromatic ring is 1. The number of sulfone groups is 1. The van der Waals surface area contributed by atoms with Gasteiger partial charge in [-0.2, -0.15) is 5.10 Å². The van der Waals surface area contributed by atoms with E-state index in [-0.39, 0.29) is 0 Å². The van der Waals surface area contributed by atoms with Gasteiger partial charge in [0.1, 0.15) is 5.69 Å². The van der Waals surface area contributed by atoms with Crippen LogP contribution in [-0.2, 0) is 16.4 Å². The molecule has 0 radical (unpaired) electrons. The standard InChI is InChI=1S/C12H15N3O2S/c1-3-15-8-11(13)12(14-15)9-4-6-10(7-5-9)18(2,16)17/h4-8H,3,13H2,1-2H3. The van der Waals surface area contributed by atoms with E-state index in [1.165, 1.54) is 6.26 Å². The van der Waals surface area contributed by atoms with Gasteiger partial charge in [-0.1, -0.05) is 12.1 Å².